The van der Waals surface area contributed by atoms with Crippen molar-refractivity contribution in [2.75, 3.05) is 5.32 Å². The number of aromatic nitrogens is 1. The molecule has 0 aliphatic heterocycles. The van der Waals surface area contributed by atoms with Crippen molar-refractivity contribution in [1.82, 2.24) is 4.98 Å². The molecule has 20 heavy (non-hydrogen) atoms. The van der Waals surface area contributed by atoms with Crippen molar-refractivity contribution in [1.29, 1.82) is 0 Å². The Kier molecular flexibility index (Phi) is 4.14. The third-order valence-electron chi connectivity index (χ3n) is 2.75. The van der Waals surface area contributed by atoms with Crippen LogP contribution in [0.2, 0.25) is 5.02 Å². The van der Waals surface area contributed by atoms with Gasteiger partial charge in [0.05, 0.1) is 11.0 Å². The van der Waals surface area contributed by atoms with Crippen LogP contribution >= 0.6 is 11.6 Å². The molecule has 0 spiro atoms. The zero-order valence-electron chi connectivity index (χ0n) is 10.5. The maximum Gasteiger partial charge on any atom is 0.287 e. The number of benzene rings is 1. The largest absolute Gasteiger partial charge is 0.363 e. The van der Waals surface area contributed by atoms with E-state index in [-0.39, 0.29) is 11.7 Å². The van der Waals surface area contributed by atoms with Crippen LogP contribution in [0.1, 0.15) is 18.5 Å². The molecule has 0 aliphatic rings. The van der Waals surface area contributed by atoms with Crippen LogP contribution in [0, 0.1) is 15.9 Å². The number of nitrogens with one attached hydrogen (secondary N) is 1. The quantitative estimate of drug-likeness (QED) is 0.685. The topological polar surface area (TPSA) is 68.1 Å². The molecular weight excluding hydrogens is 285 g/mol. The number of nitrogens with zero attached hydrogens (tertiary/aromatic N) is 2. The Hall–Kier alpha value is -2.21. The monoisotopic (exact) mass is 295 g/mol. The summed E-state index contributed by atoms with van der Waals surface area (Å²) >= 11 is 5.97. The van der Waals surface area contributed by atoms with Crippen molar-refractivity contribution in [3.05, 3.63) is 63.0 Å². The van der Waals surface area contributed by atoms with Gasteiger partial charge in [-0.3, -0.25) is 10.1 Å². The summed E-state index contributed by atoms with van der Waals surface area (Å²) < 4.78 is 13.0. The van der Waals surface area contributed by atoms with E-state index in [2.05, 4.69) is 10.3 Å². The minimum atomic E-state index is -0.517. The first-order chi connectivity index (χ1) is 9.47. The van der Waals surface area contributed by atoms with Gasteiger partial charge in [0.25, 0.3) is 5.69 Å². The van der Waals surface area contributed by atoms with Crippen molar-refractivity contribution in [2.24, 2.45) is 0 Å². The van der Waals surface area contributed by atoms with Crippen molar-refractivity contribution in [3.8, 4) is 0 Å². The molecule has 104 valence electrons. The minimum absolute atomic E-state index is 0.0805. The third kappa shape index (κ3) is 3.21. The highest BCUT2D eigenvalue weighted by Gasteiger charge is 2.12. The summed E-state index contributed by atoms with van der Waals surface area (Å²) in [6, 6.07) is 6.79. The first-order valence-electron chi connectivity index (χ1n) is 5.79. The second-order valence-corrected chi connectivity index (χ2v) is 4.60. The number of rotatable bonds is 4. The van der Waals surface area contributed by atoms with E-state index >= 15 is 0 Å². The van der Waals surface area contributed by atoms with E-state index in [1.807, 2.05) is 6.92 Å². The van der Waals surface area contributed by atoms with E-state index in [1.165, 1.54) is 30.5 Å². The Morgan fingerprint density at radius 2 is 2.15 bits per heavy atom. The lowest BCUT2D eigenvalue weighted by molar-refractivity contribution is -0.385. The summed E-state index contributed by atoms with van der Waals surface area (Å²) in [5.74, 6) is 0.0721. The van der Waals surface area contributed by atoms with Gasteiger partial charge < -0.3 is 5.32 Å². The van der Waals surface area contributed by atoms with Gasteiger partial charge >= 0.3 is 0 Å². The average Bonchev–Trinajstić information content (AvgIpc) is 2.39. The van der Waals surface area contributed by atoms with Crippen molar-refractivity contribution in [3.63, 3.8) is 0 Å². The summed E-state index contributed by atoms with van der Waals surface area (Å²) in [5, 5.41) is 13.9. The summed E-state index contributed by atoms with van der Waals surface area (Å²) in [7, 11) is 0. The van der Waals surface area contributed by atoms with Gasteiger partial charge in [0.2, 0.25) is 0 Å². The second-order valence-electron chi connectivity index (χ2n) is 4.19. The molecular formula is C13H11ClFN3O2. The zero-order valence-corrected chi connectivity index (χ0v) is 11.3. The van der Waals surface area contributed by atoms with E-state index in [0.717, 1.165) is 0 Å². The minimum Gasteiger partial charge on any atom is -0.363 e. The lowest BCUT2D eigenvalue weighted by atomic mass is 10.1. The fourth-order valence-electron chi connectivity index (χ4n) is 1.73. The van der Waals surface area contributed by atoms with E-state index in [9.17, 15) is 14.5 Å². The standard InChI is InChI=1S/C13H11ClFN3O2/c1-8(11-4-2-9(15)6-12(11)14)17-13-5-3-10(7-16-13)18(19)20/h2-8H,1H3,(H,16,17). The predicted octanol–water partition coefficient (Wildman–Crippen LogP) is 3.96. The Labute approximate surface area is 119 Å². The lowest BCUT2D eigenvalue weighted by Gasteiger charge is -2.16. The molecule has 0 aliphatic carbocycles. The fourth-order valence-corrected chi connectivity index (χ4v) is 2.06. The molecule has 0 saturated carbocycles. The number of pyridine rings is 1. The number of hydrogen-bond acceptors (Lipinski definition) is 4. The van der Waals surface area contributed by atoms with Gasteiger partial charge in [-0.2, -0.15) is 0 Å². The van der Waals surface area contributed by atoms with Gasteiger partial charge in [-0.1, -0.05) is 17.7 Å². The number of hydrogen-bond donors (Lipinski definition) is 1. The normalized spacial score (nSPS) is 11.9. The average molecular weight is 296 g/mol. The Bertz CT molecular complexity index is 634. The third-order valence-corrected chi connectivity index (χ3v) is 3.08. The Morgan fingerprint density at radius 3 is 2.70 bits per heavy atom. The molecule has 1 N–H and O–H groups in total. The number of halogens is 2. The molecule has 0 bridgehead atoms. The highest BCUT2D eigenvalue weighted by atomic mass is 35.5. The van der Waals surface area contributed by atoms with Crippen LogP contribution in [-0.2, 0) is 0 Å². The van der Waals surface area contributed by atoms with E-state index in [4.69, 9.17) is 11.6 Å². The van der Waals surface area contributed by atoms with Crippen LogP contribution in [0.3, 0.4) is 0 Å². The predicted molar refractivity (Wildman–Crippen MR) is 74.3 cm³/mol. The summed E-state index contributed by atoms with van der Waals surface area (Å²) in [6.07, 6.45) is 1.17. The van der Waals surface area contributed by atoms with Gasteiger partial charge in [-0.15, -0.1) is 0 Å². The van der Waals surface area contributed by atoms with Gasteiger partial charge in [0.1, 0.15) is 17.8 Å². The molecule has 2 rings (SSSR count). The maximum absolute atomic E-state index is 13.0. The molecule has 1 heterocycles. The molecule has 0 radical (unpaired) electrons. The summed E-state index contributed by atoms with van der Waals surface area (Å²) in [4.78, 5) is 14.0. The molecule has 0 amide bonds. The van der Waals surface area contributed by atoms with Gasteiger partial charge in [0, 0.05) is 11.1 Å². The van der Waals surface area contributed by atoms with Crippen LogP contribution in [0.4, 0.5) is 15.9 Å². The highest BCUT2D eigenvalue weighted by Crippen LogP contribution is 2.26. The van der Waals surface area contributed by atoms with Crippen LogP contribution in [0.25, 0.3) is 0 Å². The summed E-state index contributed by atoms with van der Waals surface area (Å²) in [5.41, 5.74) is 0.635. The van der Waals surface area contributed by atoms with E-state index < -0.39 is 10.7 Å². The summed E-state index contributed by atoms with van der Waals surface area (Å²) in [6.45, 7) is 1.84. The van der Waals surface area contributed by atoms with Gasteiger partial charge in [0.15, 0.2) is 0 Å². The molecule has 1 aromatic carbocycles. The number of nitro groups is 1. The smallest absolute Gasteiger partial charge is 0.287 e. The maximum atomic E-state index is 13.0. The Balaban J connectivity index is 2.14. The second kappa shape index (κ2) is 5.83. The van der Waals surface area contributed by atoms with Crippen molar-refractivity contribution < 1.29 is 9.31 Å². The first-order valence-corrected chi connectivity index (χ1v) is 6.17. The lowest BCUT2D eigenvalue weighted by Crippen LogP contribution is -2.08. The molecule has 1 unspecified atom stereocenters. The van der Waals surface area contributed by atoms with E-state index in [0.29, 0.717) is 16.4 Å². The van der Waals surface area contributed by atoms with Gasteiger partial charge in [-0.25, -0.2) is 9.37 Å². The first kappa shape index (κ1) is 14.2. The number of anilines is 1. The molecule has 1 atom stereocenters. The van der Waals surface area contributed by atoms with Crippen molar-refractivity contribution in [2.45, 2.75) is 13.0 Å². The highest BCUT2D eigenvalue weighted by molar-refractivity contribution is 6.31. The molecule has 5 nitrogen and oxygen atoms in total. The SMILES string of the molecule is CC(Nc1ccc([N+](=O)[O-])cn1)c1ccc(F)cc1Cl. The molecule has 0 saturated heterocycles. The molecule has 0 fully saturated rings. The zero-order chi connectivity index (χ0) is 14.7. The van der Waals surface area contributed by atoms with Gasteiger partial charge in [-0.05, 0) is 30.7 Å². The van der Waals surface area contributed by atoms with Crippen LogP contribution in [0.5, 0.6) is 0 Å². The van der Waals surface area contributed by atoms with Crippen LogP contribution < -0.4 is 5.32 Å². The van der Waals surface area contributed by atoms with Crippen LogP contribution in [0.15, 0.2) is 36.5 Å². The molecule has 1 aromatic heterocycles. The van der Waals surface area contributed by atoms with Crippen LogP contribution in [-0.4, -0.2) is 9.91 Å². The Morgan fingerprint density at radius 1 is 1.40 bits per heavy atom. The van der Waals surface area contributed by atoms with E-state index in [1.54, 1.807) is 6.07 Å². The fraction of sp³-hybridized carbons (Fsp3) is 0.154. The van der Waals surface area contributed by atoms with Crippen molar-refractivity contribution >= 4 is 23.1 Å². The molecule has 2 aromatic rings. The molecule has 7 heteroatoms.